The average molecular weight is 420 g/mol. The Bertz CT molecular complexity index is 1110. The second-order valence-electron chi connectivity index (χ2n) is 6.52. The first-order chi connectivity index (χ1) is 15.0. The number of aryl methyl sites for hydroxylation is 1. The maximum Gasteiger partial charge on any atom is 0.329 e. The third-order valence-corrected chi connectivity index (χ3v) is 4.36. The second-order valence-corrected chi connectivity index (χ2v) is 6.52. The number of nitrogens with zero attached hydrogens (tertiary/aromatic N) is 1. The third kappa shape index (κ3) is 5.66. The number of carbonyl (C=O) groups excluding carboxylic acids is 2. The van der Waals surface area contributed by atoms with E-state index in [0.717, 1.165) is 11.3 Å². The molecule has 0 aliphatic rings. The standard InChI is InChI=1S/C23H21FN4O3/c1-15-6-3-4-8-19(15)27-21-16(7-5-9-20(21)31-2)14-25-28-23(30)22(29)26-18-12-10-17(24)11-13-18/h3-14,27H,1-2H3,(H,26,29)(H,28,30)/b25-14-. The van der Waals surface area contributed by atoms with Gasteiger partial charge in [-0.1, -0.05) is 30.3 Å². The molecule has 0 aliphatic carbocycles. The summed E-state index contributed by atoms with van der Waals surface area (Å²) < 4.78 is 18.4. The second kappa shape index (κ2) is 10.0. The Kier molecular flexibility index (Phi) is 6.95. The number of halogens is 1. The van der Waals surface area contributed by atoms with Gasteiger partial charge in [0, 0.05) is 16.9 Å². The van der Waals surface area contributed by atoms with Crippen LogP contribution in [0.5, 0.6) is 5.75 Å². The summed E-state index contributed by atoms with van der Waals surface area (Å²) in [7, 11) is 1.56. The van der Waals surface area contributed by atoms with E-state index >= 15 is 0 Å². The molecule has 0 saturated heterocycles. The fraction of sp³-hybridized carbons (Fsp3) is 0.0870. The summed E-state index contributed by atoms with van der Waals surface area (Å²) in [5.74, 6) is -1.74. The SMILES string of the molecule is COc1cccc(/C=N\NC(=O)C(=O)Nc2ccc(F)cc2)c1Nc1ccccc1C. The monoisotopic (exact) mass is 420 g/mol. The predicted molar refractivity (Wildman–Crippen MR) is 118 cm³/mol. The molecule has 0 heterocycles. The van der Waals surface area contributed by atoms with Gasteiger partial charge in [-0.2, -0.15) is 5.10 Å². The van der Waals surface area contributed by atoms with Crippen molar-refractivity contribution in [2.24, 2.45) is 5.10 Å². The lowest BCUT2D eigenvalue weighted by Crippen LogP contribution is -2.32. The topological polar surface area (TPSA) is 91.8 Å². The summed E-state index contributed by atoms with van der Waals surface area (Å²) in [4.78, 5) is 24.0. The van der Waals surface area contributed by atoms with Crippen molar-refractivity contribution in [1.82, 2.24) is 5.43 Å². The largest absolute Gasteiger partial charge is 0.495 e. The number of nitrogens with one attached hydrogen (secondary N) is 3. The molecule has 0 aromatic heterocycles. The van der Waals surface area contributed by atoms with Crippen LogP contribution in [0.25, 0.3) is 0 Å². The summed E-state index contributed by atoms with van der Waals surface area (Å²) in [6, 6.07) is 18.2. The molecule has 0 saturated carbocycles. The van der Waals surface area contributed by atoms with Gasteiger partial charge in [-0.25, -0.2) is 9.82 Å². The molecule has 0 radical (unpaired) electrons. The molecule has 3 rings (SSSR count). The molecule has 0 unspecified atom stereocenters. The highest BCUT2D eigenvalue weighted by molar-refractivity contribution is 6.39. The van der Waals surface area contributed by atoms with E-state index in [0.29, 0.717) is 22.7 Å². The molecule has 0 fully saturated rings. The molecule has 8 heteroatoms. The molecule has 0 atom stereocenters. The fourth-order valence-corrected chi connectivity index (χ4v) is 2.74. The van der Waals surface area contributed by atoms with E-state index in [-0.39, 0.29) is 0 Å². The van der Waals surface area contributed by atoms with Crippen LogP contribution in [0.2, 0.25) is 0 Å². The Labute approximate surface area is 178 Å². The molecular formula is C23H21FN4O3. The number of benzene rings is 3. The number of amides is 2. The number of rotatable bonds is 6. The molecule has 3 aromatic rings. The van der Waals surface area contributed by atoms with Crippen LogP contribution >= 0.6 is 0 Å². The van der Waals surface area contributed by atoms with Gasteiger partial charge in [0.15, 0.2) is 0 Å². The van der Waals surface area contributed by atoms with E-state index in [1.54, 1.807) is 25.3 Å². The Morgan fingerprint density at radius 3 is 2.42 bits per heavy atom. The third-order valence-electron chi connectivity index (χ3n) is 4.36. The van der Waals surface area contributed by atoms with E-state index < -0.39 is 17.6 Å². The summed E-state index contributed by atoms with van der Waals surface area (Å²) in [5.41, 5.74) is 5.71. The van der Waals surface area contributed by atoms with Gasteiger partial charge in [-0.15, -0.1) is 0 Å². The van der Waals surface area contributed by atoms with E-state index in [2.05, 4.69) is 21.2 Å². The van der Waals surface area contributed by atoms with E-state index in [1.165, 1.54) is 30.5 Å². The summed E-state index contributed by atoms with van der Waals surface area (Å²) >= 11 is 0. The smallest absolute Gasteiger partial charge is 0.329 e. The molecule has 0 spiro atoms. The number of hydrogen-bond acceptors (Lipinski definition) is 5. The number of carbonyl (C=O) groups is 2. The zero-order valence-electron chi connectivity index (χ0n) is 17.0. The minimum absolute atomic E-state index is 0.294. The van der Waals surface area contributed by atoms with E-state index in [4.69, 9.17) is 4.74 Å². The Hall–Kier alpha value is -4.20. The summed E-state index contributed by atoms with van der Waals surface area (Å²) in [6.45, 7) is 1.98. The van der Waals surface area contributed by atoms with Crippen molar-refractivity contribution in [3.63, 3.8) is 0 Å². The van der Waals surface area contributed by atoms with E-state index in [9.17, 15) is 14.0 Å². The van der Waals surface area contributed by atoms with E-state index in [1.807, 2.05) is 31.2 Å². The van der Waals surface area contributed by atoms with Gasteiger partial charge < -0.3 is 15.4 Å². The van der Waals surface area contributed by atoms with Crippen LogP contribution in [0.15, 0.2) is 71.8 Å². The summed E-state index contributed by atoms with van der Waals surface area (Å²) in [5, 5.41) is 9.56. The molecule has 2 amide bonds. The first-order valence-corrected chi connectivity index (χ1v) is 9.37. The number of ether oxygens (including phenoxy) is 1. The highest BCUT2D eigenvalue weighted by Gasteiger charge is 2.13. The predicted octanol–water partition coefficient (Wildman–Crippen LogP) is 3.98. The van der Waals surface area contributed by atoms with Crippen LogP contribution < -0.4 is 20.8 Å². The van der Waals surface area contributed by atoms with Gasteiger partial charge in [-0.05, 0) is 48.9 Å². The van der Waals surface area contributed by atoms with Crippen molar-refractivity contribution in [3.8, 4) is 5.75 Å². The van der Waals surface area contributed by atoms with Crippen molar-refractivity contribution < 1.29 is 18.7 Å². The number of hydrazone groups is 1. The Morgan fingerprint density at radius 1 is 0.968 bits per heavy atom. The van der Waals surface area contributed by atoms with Gasteiger partial charge in [0.25, 0.3) is 0 Å². The molecule has 0 bridgehead atoms. The quantitative estimate of drug-likeness (QED) is 0.320. The molecule has 31 heavy (non-hydrogen) atoms. The minimum atomic E-state index is -0.961. The van der Waals surface area contributed by atoms with Crippen molar-refractivity contribution in [1.29, 1.82) is 0 Å². The number of anilines is 3. The highest BCUT2D eigenvalue weighted by Crippen LogP contribution is 2.31. The van der Waals surface area contributed by atoms with Gasteiger partial charge in [0.1, 0.15) is 11.6 Å². The van der Waals surface area contributed by atoms with Crippen LogP contribution in [0.4, 0.5) is 21.5 Å². The zero-order chi connectivity index (χ0) is 22.2. The molecule has 3 N–H and O–H groups in total. The average Bonchev–Trinajstić information content (AvgIpc) is 2.77. The molecular weight excluding hydrogens is 399 g/mol. The van der Waals surface area contributed by atoms with Gasteiger partial charge in [-0.3, -0.25) is 9.59 Å². The van der Waals surface area contributed by atoms with Crippen molar-refractivity contribution in [3.05, 3.63) is 83.7 Å². The van der Waals surface area contributed by atoms with Crippen LogP contribution in [-0.2, 0) is 9.59 Å². The maximum absolute atomic E-state index is 12.9. The maximum atomic E-state index is 12.9. The minimum Gasteiger partial charge on any atom is -0.495 e. The lowest BCUT2D eigenvalue weighted by atomic mass is 10.1. The molecule has 158 valence electrons. The summed E-state index contributed by atoms with van der Waals surface area (Å²) in [6.07, 6.45) is 1.41. The zero-order valence-corrected chi connectivity index (χ0v) is 17.0. The van der Waals surface area contributed by atoms with Crippen LogP contribution in [0, 0.1) is 12.7 Å². The molecule has 7 nitrogen and oxygen atoms in total. The van der Waals surface area contributed by atoms with Crippen molar-refractivity contribution in [2.75, 3.05) is 17.7 Å². The van der Waals surface area contributed by atoms with Crippen LogP contribution in [0.1, 0.15) is 11.1 Å². The lowest BCUT2D eigenvalue weighted by molar-refractivity contribution is -0.136. The van der Waals surface area contributed by atoms with Crippen LogP contribution in [0.3, 0.4) is 0 Å². The van der Waals surface area contributed by atoms with Crippen LogP contribution in [-0.4, -0.2) is 25.1 Å². The normalized spacial score (nSPS) is 10.5. The lowest BCUT2D eigenvalue weighted by Gasteiger charge is -2.15. The Balaban J connectivity index is 1.71. The van der Waals surface area contributed by atoms with Gasteiger partial charge in [0.2, 0.25) is 0 Å². The number of para-hydroxylation sites is 2. The first-order valence-electron chi connectivity index (χ1n) is 9.37. The van der Waals surface area contributed by atoms with Gasteiger partial charge in [0.05, 0.1) is 19.0 Å². The number of methoxy groups -OCH3 is 1. The number of hydrogen-bond donors (Lipinski definition) is 3. The molecule has 3 aromatic carbocycles. The first kappa shape index (κ1) is 21.5. The highest BCUT2D eigenvalue weighted by atomic mass is 19.1. The molecule has 0 aliphatic heterocycles. The van der Waals surface area contributed by atoms with Crippen molar-refractivity contribution >= 4 is 35.1 Å². The van der Waals surface area contributed by atoms with Gasteiger partial charge >= 0.3 is 11.8 Å². The fourth-order valence-electron chi connectivity index (χ4n) is 2.74. The Morgan fingerprint density at radius 2 is 1.71 bits per heavy atom. The van der Waals surface area contributed by atoms with Crippen molar-refractivity contribution in [2.45, 2.75) is 6.92 Å².